The number of rotatable bonds is 1. The van der Waals surface area contributed by atoms with Crippen LogP contribution in [0.15, 0.2) is 16.9 Å². The molecular formula is C21H30O3. The molecule has 0 saturated heterocycles. The Morgan fingerprint density at radius 1 is 1.12 bits per heavy atom. The van der Waals surface area contributed by atoms with Gasteiger partial charge in [0.1, 0.15) is 0 Å². The maximum absolute atomic E-state index is 12.6. The van der Waals surface area contributed by atoms with Gasteiger partial charge in [0, 0.05) is 0 Å². The summed E-state index contributed by atoms with van der Waals surface area (Å²) in [6.07, 6.45) is 11.9. The molecule has 0 spiro atoms. The first-order valence-electron chi connectivity index (χ1n) is 9.50. The van der Waals surface area contributed by atoms with Gasteiger partial charge in [0.2, 0.25) is 0 Å². The van der Waals surface area contributed by atoms with Crippen molar-refractivity contribution in [2.75, 3.05) is 7.11 Å². The highest BCUT2D eigenvalue weighted by Gasteiger charge is 2.62. The van der Waals surface area contributed by atoms with Crippen molar-refractivity contribution in [2.24, 2.45) is 22.7 Å². The summed E-state index contributed by atoms with van der Waals surface area (Å²) in [5.41, 5.74) is 2.93. The van der Waals surface area contributed by atoms with Crippen LogP contribution in [-0.4, -0.2) is 13.1 Å². The summed E-state index contributed by atoms with van der Waals surface area (Å²) in [5.74, 6) is 1.05. The summed E-state index contributed by atoms with van der Waals surface area (Å²) in [6, 6.07) is 0. The van der Waals surface area contributed by atoms with Crippen molar-refractivity contribution in [1.82, 2.24) is 0 Å². The quantitative estimate of drug-likeness (QED) is 0.689. The van der Waals surface area contributed by atoms with Gasteiger partial charge in [-0.15, -0.1) is 0 Å². The molecule has 3 aliphatic carbocycles. The molecule has 0 radical (unpaired) electrons. The fraction of sp³-hybridized carbons (Fsp3) is 0.762. The Balaban J connectivity index is 1.77. The minimum Gasteiger partial charge on any atom is -0.472 e. The van der Waals surface area contributed by atoms with Gasteiger partial charge >= 0.3 is 5.97 Å². The Morgan fingerprint density at radius 3 is 2.67 bits per heavy atom. The first kappa shape index (κ1) is 16.2. The number of hydrogen-bond donors (Lipinski definition) is 0. The first-order chi connectivity index (χ1) is 11.4. The maximum Gasteiger partial charge on any atom is 0.311 e. The van der Waals surface area contributed by atoms with E-state index in [-0.39, 0.29) is 22.2 Å². The Bertz CT molecular complexity index is 662. The van der Waals surface area contributed by atoms with Crippen LogP contribution in [0, 0.1) is 22.7 Å². The Morgan fingerprint density at radius 2 is 1.92 bits per heavy atom. The van der Waals surface area contributed by atoms with Crippen LogP contribution < -0.4 is 0 Å². The highest BCUT2D eigenvalue weighted by atomic mass is 16.5. The van der Waals surface area contributed by atoms with Crippen LogP contribution in [0.1, 0.15) is 70.4 Å². The number of hydrogen-bond acceptors (Lipinski definition) is 3. The van der Waals surface area contributed by atoms with Gasteiger partial charge in [-0.2, -0.15) is 0 Å². The van der Waals surface area contributed by atoms with Gasteiger partial charge in [-0.05, 0) is 79.2 Å². The summed E-state index contributed by atoms with van der Waals surface area (Å²) in [5, 5.41) is 0. The van der Waals surface area contributed by atoms with Crippen molar-refractivity contribution >= 4 is 5.97 Å². The van der Waals surface area contributed by atoms with E-state index in [9.17, 15) is 4.79 Å². The maximum atomic E-state index is 12.6. The van der Waals surface area contributed by atoms with Crippen molar-refractivity contribution in [3.63, 3.8) is 0 Å². The van der Waals surface area contributed by atoms with Gasteiger partial charge < -0.3 is 9.15 Å². The monoisotopic (exact) mass is 330 g/mol. The molecule has 4 rings (SSSR count). The molecule has 1 aromatic heterocycles. The third kappa shape index (κ3) is 1.87. The van der Waals surface area contributed by atoms with Gasteiger partial charge in [-0.25, -0.2) is 0 Å². The number of furan rings is 1. The van der Waals surface area contributed by atoms with Crippen molar-refractivity contribution in [3.05, 3.63) is 23.7 Å². The van der Waals surface area contributed by atoms with Crippen LogP contribution in [0.5, 0.6) is 0 Å². The summed E-state index contributed by atoms with van der Waals surface area (Å²) in [7, 11) is 1.55. The van der Waals surface area contributed by atoms with Crippen molar-refractivity contribution < 1.29 is 13.9 Å². The Labute approximate surface area is 145 Å². The van der Waals surface area contributed by atoms with E-state index in [1.807, 2.05) is 12.5 Å². The lowest BCUT2D eigenvalue weighted by Gasteiger charge is -2.63. The summed E-state index contributed by atoms with van der Waals surface area (Å²) >= 11 is 0. The minimum atomic E-state index is -0.320. The second-order valence-corrected chi connectivity index (χ2v) is 9.18. The second-order valence-electron chi connectivity index (χ2n) is 9.18. The van der Waals surface area contributed by atoms with Gasteiger partial charge in [0.25, 0.3) is 0 Å². The van der Waals surface area contributed by atoms with Crippen molar-refractivity contribution in [3.8, 4) is 0 Å². The smallest absolute Gasteiger partial charge is 0.311 e. The highest BCUT2D eigenvalue weighted by molar-refractivity contribution is 5.77. The average molecular weight is 330 g/mol. The minimum absolute atomic E-state index is 0.00170. The number of fused-ring (bicyclic) bond motifs is 5. The zero-order valence-corrected chi connectivity index (χ0v) is 15.5. The summed E-state index contributed by atoms with van der Waals surface area (Å²) in [4.78, 5) is 12.6. The highest BCUT2D eigenvalue weighted by Crippen LogP contribution is 2.67. The van der Waals surface area contributed by atoms with Gasteiger partial charge in [-0.3, -0.25) is 4.79 Å². The molecule has 3 aliphatic rings. The van der Waals surface area contributed by atoms with Crippen LogP contribution in [0.3, 0.4) is 0 Å². The molecule has 5 atom stereocenters. The average Bonchev–Trinajstić information content (AvgIpc) is 3.03. The molecule has 0 bridgehead atoms. The molecule has 0 amide bonds. The Hall–Kier alpha value is -1.25. The standard InChI is InChI=1S/C21H30O3/c1-19-11-8-17-20(2,9-5-10-21(17,3)18(22)23-4)16(19)7-6-14-12-24-13-15(14)19/h12-13,16-17H,5-11H2,1-4H3. The normalized spacial score (nSPS) is 44.2. The molecule has 132 valence electrons. The zero-order valence-electron chi connectivity index (χ0n) is 15.5. The molecule has 1 heterocycles. The van der Waals surface area contributed by atoms with Crippen LogP contribution in [0.2, 0.25) is 0 Å². The number of aryl methyl sites for hydroxylation is 1. The second kappa shape index (κ2) is 5.12. The molecule has 24 heavy (non-hydrogen) atoms. The predicted molar refractivity (Wildman–Crippen MR) is 92.7 cm³/mol. The molecule has 1 aromatic rings. The van der Waals surface area contributed by atoms with E-state index in [0.717, 1.165) is 32.1 Å². The number of carbonyl (C=O) groups excluding carboxylic acids is 1. The molecule has 0 aromatic carbocycles. The summed E-state index contributed by atoms with van der Waals surface area (Å²) in [6.45, 7) is 7.07. The Kier molecular flexibility index (Phi) is 3.47. The predicted octanol–water partition coefficient (Wildman–Crippen LogP) is 4.88. The van der Waals surface area contributed by atoms with Crippen LogP contribution >= 0.6 is 0 Å². The molecule has 2 fully saturated rings. The number of ether oxygens (including phenoxy) is 1. The van der Waals surface area contributed by atoms with Gasteiger partial charge in [-0.1, -0.05) is 20.3 Å². The number of esters is 1. The van der Waals surface area contributed by atoms with Crippen LogP contribution in [0.25, 0.3) is 0 Å². The lowest BCUT2D eigenvalue weighted by Crippen LogP contribution is -2.59. The number of carbonyl (C=O) groups is 1. The molecular weight excluding hydrogens is 300 g/mol. The van der Waals surface area contributed by atoms with Gasteiger partial charge in [0.15, 0.2) is 0 Å². The van der Waals surface area contributed by atoms with E-state index < -0.39 is 0 Å². The SMILES string of the molecule is COC(=O)C1(C)CCCC2(C)C1CCC1(C)c3cocc3CCC12. The van der Waals surface area contributed by atoms with Crippen LogP contribution in [0.4, 0.5) is 0 Å². The first-order valence-corrected chi connectivity index (χ1v) is 9.50. The van der Waals surface area contributed by atoms with Crippen molar-refractivity contribution in [2.45, 2.75) is 71.1 Å². The fourth-order valence-corrected chi connectivity index (χ4v) is 7.09. The van der Waals surface area contributed by atoms with Crippen molar-refractivity contribution in [1.29, 1.82) is 0 Å². The number of methoxy groups -OCH3 is 1. The van der Waals surface area contributed by atoms with E-state index >= 15 is 0 Å². The summed E-state index contributed by atoms with van der Waals surface area (Å²) < 4.78 is 10.8. The third-order valence-electron chi connectivity index (χ3n) is 8.21. The van der Waals surface area contributed by atoms with Crippen LogP contribution in [-0.2, 0) is 21.4 Å². The topological polar surface area (TPSA) is 39.4 Å². The lowest BCUT2D eigenvalue weighted by molar-refractivity contribution is -0.175. The molecule has 0 N–H and O–H groups in total. The van der Waals surface area contributed by atoms with E-state index in [4.69, 9.17) is 9.15 Å². The van der Waals surface area contributed by atoms with E-state index in [0.29, 0.717) is 11.8 Å². The molecule has 3 nitrogen and oxygen atoms in total. The van der Waals surface area contributed by atoms with E-state index in [1.54, 1.807) is 7.11 Å². The third-order valence-corrected chi connectivity index (χ3v) is 8.21. The molecule has 2 saturated carbocycles. The fourth-order valence-electron chi connectivity index (χ4n) is 7.09. The van der Waals surface area contributed by atoms with E-state index in [1.165, 1.54) is 24.0 Å². The molecule has 0 aliphatic heterocycles. The molecule has 3 heteroatoms. The lowest BCUT2D eigenvalue weighted by atomic mass is 9.40. The molecule has 5 unspecified atom stereocenters. The van der Waals surface area contributed by atoms with E-state index in [2.05, 4.69) is 20.8 Å². The zero-order chi connectivity index (χ0) is 17.2. The van der Waals surface area contributed by atoms with Gasteiger partial charge in [0.05, 0.1) is 25.1 Å². The largest absolute Gasteiger partial charge is 0.472 e.